The molecule has 4 saturated carbocycles. The third-order valence-electron chi connectivity index (χ3n) is 7.00. The van der Waals surface area contributed by atoms with Crippen LogP contribution in [0.5, 0.6) is 0 Å². The van der Waals surface area contributed by atoms with Crippen LogP contribution in [0.4, 0.5) is 0 Å². The van der Waals surface area contributed by atoms with Crippen molar-refractivity contribution in [3.63, 3.8) is 0 Å². The molecular weight excluding hydrogens is 276 g/mol. The van der Waals surface area contributed by atoms with Crippen LogP contribution in [0.3, 0.4) is 0 Å². The van der Waals surface area contributed by atoms with Gasteiger partial charge in [-0.05, 0) is 82.0 Å². The van der Waals surface area contributed by atoms with Crippen LogP contribution < -0.4 is 5.32 Å². The number of amidine groups is 1. The number of aliphatic imine (C=N–C) groups is 1. The molecule has 0 aromatic heterocycles. The highest BCUT2D eigenvalue weighted by Gasteiger charge is 2.53. The Morgan fingerprint density at radius 2 is 1.76 bits per heavy atom. The summed E-state index contributed by atoms with van der Waals surface area (Å²) in [6.07, 6.45) is 10.2. The van der Waals surface area contributed by atoms with Crippen LogP contribution in [0.15, 0.2) is 4.99 Å². The third-order valence-corrected chi connectivity index (χ3v) is 8.26. The van der Waals surface area contributed by atoms with E-state index in [0.29, 0.717) is 11.5 Å². The highest BCUT2D eigenvalue weighted by molar-refractivity contribution is 8.14. The summed E-state index contributed by atoms with van der Waals surface area (Å²) in [5.74, 6) is 4.27. The van der Waals surface area contributed by atoms with Crippen LogP contribution >= 0.6 is 11.8 Å². The molecule has 2 unspecified atom stereocenters. The maximum atomic E-state index is 5.18. The van der Waals surface area contributed by atoms with Gasteiger partial charge in [-0.25, -0.2) is 0 Å². The molecule has 3 heteroatoms. The molecule has 1 N–H and O–H groups in total. The highest BCUT2D eigenvalue weighted by Crippen LogP contribution is 2.61. The second kappa shape index (κ2) is 4.91. The van der Waals surface area contributed by atoms with Gasteiger partial charge in [0, 0.05) is 11.3 Å². The predicted octanol–water partition coefficient (Wildman–Crippen LogP) is 4.45. The molecule has 1 heterocycles. The Hall–Kier alpha value is -0.180. The SMILES string of the molecule is CCC1(C)CSC(=NC(C)C23CC4CC(CC(C4)C2)C3)N1. The van der Waals surface area contributed by atoms with Crippen LogP contribution in [0.1, 0.15) is 65.7 Å². The Morgan fingerprint density at radius 1 is 1.19 bits per heavy atom. The Balaban J connectivity index is 1.52. The molecule has 118 valence electrons. The number of rotatable bonds is 3. The molecule has 0 aromatic carbocycles. The van der Waals surface area contributed by atoms with Crippen molar-refractivity contribution in [2.75, 3.05) is 5.75 Å². The Labute approximate surface area is 133 Å². The van der Waals surface area contributed by atoms with Crippen LogP contribution in [0.2, 0.25) is 0 Å². The monoisotopic (exact) mass is 306 g/mol. The molecule has 4 aliphatic carbocycles. The fourth-order valence-corrected chi connectivity index (χ4v) is 7.10. The van der Waals surface area contributed by atoms with E-state index in [1.165, 1.54) is 55.9 Å². The number of nitrogens with one attached hydrogen (secondary N) is 1. The first kappa shape index (κ1) is 14.4. The molecule has 2 atom stereocenters. The average molecular weight is 307 g/mol. The molecular formula is C18H30N2S. The van der Waals surface area contributed by atoms with Crippen molar-refractivity contribution in [3.05, 3.63) is 0 Å². The number of thioether (sulfide) groups is 1. The topological polar surface area (TPSA) is 24.4 Å². The summed E-state index contributed by atoms with van der Waals surface area (Å²) in [7, 11) is 0. The Morgan fingerprint density at radius 3 is 2.24 bits per heavy atom. The maximum absolute atomic E-state index is 5.18. The number of nitrogens with zero attached hydrogens (tertiary/aromatic N) is 1. The summed E-state index contributed by atoms with van der Waals surface area (Å²) in [4.78, 5) is 5.18. The van der Waals surface area contributed by atoms with Gasteiger partial charge in [-0.15, -0.1) is 0 Å². The molecule has 21 heavy (non-hydrogen) atoms. The lowest BCUT2D eigenvalue weighted by molar-refractivity contribution is -0.0633. The quantitative estimate of drug-likeness (QED) is 0.833. The molecule has 0 aromatic rings. The molecule has 1 aliphatic heterocycles. The predicted molar refractivity (Wildman–Crippen MR) is 91.8 cm³/mol. The molecule has 5 fully saturated rings. The van der Waals surface area contributed by atoms with Gasteiger partial charge in [0.2, 0.25) is 0 Å². The van der Waals surface area contributed by atoms with E-state index in [2.05, 4.69) is 26.1 Å². The molecule has 4 bridgehead atoms. The van der Waals surface area contributed by atoms with E-state index in [1.807, 2.05) is 11.8 Å². The van der Waals surface area contributed by atoms with E-state index < -0.39 is 0 Å². The van der Waals surface area contributed by atoms with Crippen molar-refractivity contribution < 1.29 is 0 Å². The van der Waals surface area contributed by atoms with Crippen LogP contribution in [-0.2, 0) is 0 Å². The number of hydrogen-bond acceptors (Lipinski definition) is 2. The zero-order valence-corrected chi connectivity index (χ0v) is 14.6. The fourth-order valence-electron chi connectivity index (χ4n) is 5.82. The second-order valence-corrected chi connectivity index (χ2v) is 9.68. The highest BCUT2D eigenvalue weighted by atomic mass is 32.2. The smallest absolute Gasteiger partial charge is 0.157 e. The van der Waals surface area contributed by atoms with Crippen molar-refractivity contribution in [1.82, 2.24) is 5.32 Å². The summed E-state index contributed by atoms with van der Waals surface area (Å²) < 4.78 is 0. The molecule has 0 amide bonds. The molecule has 5 rings (SSSR count). The van der Waals surface area contributed by atoms with Gasteiger partial charge in [0.05, 0.1) is 6.04 Å². The lowest BCUT2D eigenvalue weighted by atomic mass is 9.48. The van der Waals surface area contributed by atoms with Gasteiger partial charge in [-0.2, -0.15) is 0 Å². The Kier molecular flexibility index (Phi) is 3.37. The molecule has 1 saturated heterocycles. The van der Waals surface area contributed by atoms with Gasteiger partial charge in [-0.1, -0.05) is 18.7 Å². The third kappa shape index (κ3) is 2.44. The van der Waals surface area contributed by atoms with E-state index in [4.69, 9.17) is 4.99 Å². The zero-order chi connectivity index (χ0) is 14.7. The maximum Gasteiger partial charge on any atom is 0.157 e. The molecule has 5 aliphatic rings. The fraction of sp³-hybridized carbons (Fsp3) is 0.944. The largest absolute Gasteiger partial charge is 0.359 e. The van der Waals surface area contributed by atoms with Gasteiger partial charge < -0.3 is 5.32 Å². The van der Waals surface area contributed by atoms with Crippen molar-refractivity contribution in [2.24, 2.45) is 28.2 Å². The van der Waals surface area contributed by atoms with Gasteiger partial charge in [-0.3, -0.25) is 4.99 Å². The second-order valence-electron chi connectivity index (χ2n) is 8.72. The van der Waals surface area contributed by atoms with Crippen LogP contribution in [-0.4, -0.2) is 22.5 Å². The average Bonchev–Trinajstić information content (AvgIpc) is 2.79. The van der Waals surface area contributed by atoms with E-state index in [1.54, 1.807) is 0 Å². The standard InChI is InChI=1S/C18H30N2S/c1-4-17(3)11-21-16(20-17)19-12(2)18-8-13-5-14(9-18)7-15(6-13)10-18/h12-15H,4-11H2,1-3H3,(H,19,20). The minimum absolute atomic E-state index is 0.269. The zero-order valence-electron chi connectivity index (χ0n) is 13.8. The minimum atomic E-state index is 0.269. The van der Waals surface area contributed by atoms with E-state index in [9.17, 15) is 0 Å². The minimum Gasteiger partial charge on any atom is -0.359 e. The molecule has 2 nitrogen and oxygen atoms in total. The molecule has 0 radical (unpaired) electrons. The van der Waals surface area contributed by atoms with Crippen LogP contribution in [0.25, 0.3) is 0 Å². The summed E-state index contributed by atoms with van der Waals surface area (Å²) in [6, 6.07) is 0.514. The van der Waals surface area contributed by atoms with E-state index in [-0.39, 0.29) is 5.54 Å². The van der Waals surface area contributed by atoms with Gasteiger partial charge in [0.1, 0.15) is 0 Å². The van der Waals surface area contributed by atoms with Gasteiger partial charge >= 0.3 is 0 Å². The van der Waals surface area contributed by atoms with Crippen molar-refractivity contribution >= 4 is 16.9 Å². The lowest BCUT2D eigenvalue weighted by Gasteiger charge is -2.58. The first-order valence-electron chi connectivity index (χ1n) is 8.99. The molecule has 0 spiro atoms. The summed E-state index contributed by atoms with van der Waals surface area (Å²) in [5.41, 5.74) is 0.819. The van der Waals surface area contributed by atoms with Gasteiger partial charge in [0.25, 0.3) is 0 Å². The first-order chi connectivity index (χ1) is 10.0. The summed E-state index contributed by atoms with van der Waals surface area (Å²) in [6.45, 7) is 7.01. The normalized spacial score (nSPS) is 51.4. The number of hydrogen-bond donors (Lipinski definition) is 1. The van der Waals surface area contributed by atoms with E-state index >= 15 is 0 Å². The summed E-state index contributed by atoms with van der Waals surface area (Å²) >= 11 is 1.95. The lowest BCUT2D eigenvalue weighted by Crippen LogP contribution is -2.50. The van der Waals surface area contributed by atoms with Crippen molar-refractivity contribution in [3.8, 4) is 0 Å². The van der Waals surface area contributed by atoms with Crippen molar-refractivity contribution in [2.45, 2.75) is 77.3 Å². The first-order valence-corrected chi connectivity index (χ1v) is 9.98. The van der Waals surface area contributed by atoms with Crippen LogP contribution in [0, 0.1) is 23.2 Å². The van der Waals surface area contributed by atoms with E-state index in [0.717, 1.165) is 17.8 Å². The summed E-state index contributed by atoms with van der Waals surface area (Å²) in [5, 5.41) is 4.92. The van der Waals surface area contributed by atoms with Crippen molar-refractivity contribution in [1.29, 1.82) is 0 Å². The Bertz CT molecular complexity index is 423. The van der Waals surface area contributed by atoms with Gasteiger partial charge in [0.15, 0.2) is 5.17 Å².